The SMILES string of the molecule is Cc1cc(OCc2ccc(-c3ccccc3-c3nn[nH]n3)cc2)c(OCC(O)CNC(C)(C)C)c(C)n1. The van der Waals surface area contributed by atoms with Crippen LogP contribution in [0.25, 0.3) is 22.5 Å². The first kappa shape index (κ1) is 26.2. The lowest BCUT2D eigenvalue weighted by molar-refractivity contribution is 0.0970. The summed E-state index contributed by atoms with van der Waals surface area (Å²) >= 11 is 0. The Bertz CT molecular complexity index is 1300. The molecule has 1 unspecified atom stereocenters. The molecule has 3 N–H and O–H groups in total. The van der Waals surface area contributed by atoms with Crippen LogP contribution in [-0.4, -0.2) is 55.5 Å². The van der Waals surface area contributed by atoms with E-state index in [-0.39, 0.29) is 12.1 Å². The monoisotopic (exact) mass is 502 g/mol. The maximum absolute atomic E-state index is 10.4. The van der Waals surface area contributed by atoms with E-state index in [1.54, 1.807) is 0 Å². The zero-order valence-electron chi connectivity index (χ0n) is 21.9. The first-order chi connectivity index (χ1) is 17.7. The zero-order valence-corrected chi connectivity index (χ0v) is 21.9. The Morgan fingerprint density at radius 3 is 2.41 bits per heavy atom. The number of aryl methyl sites for hydroxylation is 2. The molecule has 4 rings (SSSR count). The quantitative estimate of drug-likeness (QED) is 0.295. The van der Waals surface area contributed by atoms with Crippen molar-refractivity contribution in [2.45, 2.75) is 52.9 Å². The van der Waals surface area contributed by atoms with Gasteiger partial charge in [-0.15, -0.1) is 10.2 Å². The number of aliphatic hydroxyl groups excluding tert-OH is 1. The van der Waals surface area contributed by atoms with Crippen molar-refractivity contribution in [1.82, 2.24) is 30.9 Å². The van der Waals surface area contributed by atoms with Crippen molar-refractivity contribution in [3.63, 3.8) is 0 Å². The van der Waals surface area contributed by atoms with E-state index in [0.717, 1.165) is 33.6 Å². The van der Waals surface area contributed by atoms with Gasteiger partial charge in [0.25, 0.3) is 0 Å². The van der Waals surface area contributed by atoms with Crippen molar-refractivity contribution >= 4 is 0 Å². The van der Waals surface area contributed by atoms with Gasteiger partial charge in [0, 0.05) is 29.4 Å². The minimum atomic E-state index is -0.657. The normalized spacial score (nSPS) is 12.4. The van der Waals surface area contributed by atoms with Gasteiger partial charge in [-0.25, -0.2) is 0 Å². The second kappa shape index (κ2) is 11.5. The molecular weight excluding hydrogens is 468 g/mol. The number of hydrogen-bond donors (Lipinski definition) is 3. The van der Waals surface area contributed by atoms with Gasteiger partial charge in [-0.2, -0.15) is 5.21 Å². The summed E-state index contributed by atoms with van der Waals surface area (Å²) < 4.78 is 12.1. The van der Waals surface area contributed by atoms with E-state index in [1.807, 2.05) is 56.3 Å². The fourth-order valence-corrected chi connectivity index (χ4v) is 3.87. The van der Waals surface area contributed by atoms with Crippen LogP contribution in [0.2, 0.25) is 0 Å². The Hall–Kier alpha value is -3.82. The smallest absolute Gasteiger partial charge is 0.205 e. The molecule has 0 radical (unpaired) electrons. The average Bonchev–Trinajstić information content (AvgIpc) is 3.40. The van der Waals surface area contributed by atoms with Crippen molar-refractivity contribution in [3.05, 3.63) is 71.5 Å². The van der Waals surface area contributed by atoms with E-state index in [2.05, 4.69) is 63.8 Å². The molecule has 37 heavy (non-hydrogen) atoms. The maximum Gasteiger partial charge on any atom is 0.205 e. The molecule has 0 bridgehead atoms. The number of hydrogen-bond acceptors (Lipinski definition) is 8. The Kier molecular flexibility index (Phi) is 8.15. The summed E-state index contributed by atoms with van der Waals surface area (Å²) in [7, 11) is 0. The number of benzene rings is 2. The highest BCUT2D eigenvalue weighted by Gasteiger charge is 2.17. The third-order valence-electron chi connectivity index (χ3n) is 5.70. The van der Waals surface area contributed by atoms with Crippen LogP contribution in [0.5, 0.6) is 11.5 Å². The zero-order chi connectivity index (χ0) is 26.4. The molecule has 9 nitrogen and oxygen atoms in total. The van der Waals surface area contributed by atoms with Crippen molar-refractivity contribution in [2.75, 3.05) is 13.2 Å². The summed E-state index contributed by atoms with van der Waals surface area (Å²) in [6.07, 6.45) is -0.657. The van der Waals surface area contributed by atoms with Crippen LogP contribution in [0.3, 0.4) is 0 Å². The van der Waals surface area contributed by atoms with Crippen molar-refractivity contribution in [3.8, 4) is 34.0 Å². The molecule has 2 aromatic heterocycles. The third kappa shape index (κ3) is 7.12. The maximum atomic E-state index is 10.4. The van der Waals surface area contributed by atoms with Crippen LogP contribution < -0.4 is 14.8 Å². The van der Waals surface area contributed by atoms with Crippen molar-refractivity contribution < 1.29 is 14.6 Å². The number of H-pyrrole nitrogens is 1. The summed E-state index contributed by atoms with van der Waals surface area (Å²) in [5, 5.41) is 28.1. The lowest BCUT2D eigenvalue weighted by Crippen LogP contribution is -2.42. The molecule has 0 saturated heterocycles. The largest absolute Gasteiger partial charge is 0.485 e. The van der Waals surface area contributed by atoms with E-state index in [0.29, 0.717) is 30.5 Å². The van der Waals surface area contributed by atoms with Crippen LogP contribution >= 0.6 is 0 Å². The molecule has 0 amide bonds. The topological polar surface area (TPSA) is 118 Å². The molecule has 0 aliphatic heterocycles. The second-order valence-electron chi connectivity index (χ2n) is 10.0. The Morgan fingerprint density at radius 1 is 1.00 bits per heavy atom. The average molecular weight is 503 g/mol. The summed E-state index contributed by atoms with van der Waals surface area (Å²) in [6, 6.07) is 18.0. The number of aromatic amines is 1. The number of nitrogens with one attached hydrogen (secondary N) is 2. The van der Waals surface area contributed by atoms with E-state index >= 15 is 0 Å². The minimum absolute atomic E-state index is 0.0821. The van der Waals surface area contributed by atoms with E-state index in [1.165, 1.54) is 0 Å². The molecule has 194 valence electrons. The molecule has 2 aromatic carbocycles. The van der Waals surface area contributed by atoms with E-state index in [4.69, 9.17) is 9.47 Å². The molecule has 0 spiro atoms. The van der Waals surface area contributed by atoms with Gasteiger partial charge in [0.1, 0.15) is 19.3 Å². The lowest BCUT2D eigenvalue weighted by Gasteiger charge is -2.23. The highest BCUT2D eigenvalue weighted by atomic mass is 16.5. The molecular formula is C28H34N6O3. The Morgan fingerprint density at radius 2 is 1.73 bits per heavy atom. The van der Waals surface area contributed by atoms with Gasteiger partial charge < -0.3 is 19.9 Å². The highest BCUT2D eigenvalue weighted by Crippen LogP contribution is 2.33. The van der Waals surface area contributed by atoms with Gasteiger partial charge in [0.05, 0.1) is 5.69 Å². The molecule has 4 aromatic rings. The molecule has 0 aliphatic rings. The van der Waals surface area contributed by atoms with Crippen LogP contribution in [0.1, 0.15) is 37.7 Å². The number of aromatic nitrogens is 5. The second-order valence-corrected chi connectivity index (χ2v) is 10.0. The Balaban J connectivity index is 1.44. The van der Waals surface area contributed by atoms with Crippen LogP contribution in [0.4, 0.5) is 0 Å². The molecule has 1 atom stereocenters. The number of tetrazole rings is 1. The number of rotatable bonds is 10. The summed E-state index contributed by atoms with van der Waals surface area (Å²) in [4.78, 5) is 4.51. The number of pyridine rings is 1. The van der Waals surface area contributed by atoms with Gasteiger partial charge in [-0.1, -0.05) is 48.5 Å². The molecule has 9 heteroatoms. The van der Waals surface area contributed by atoms with Gasteiger partial charge in [0.15, 0.2) is 11.5 Å². The summed E-state index contributed by atoms with van der Waals surface area (Å²) in [6.45, 7) is 10.9. The van der Waals surface area contributed by atoms with Crippen LogP contribution in [0, 0.1) is 13.8 Å². The van der Waals surface area contributed by atoms with Crippen LogP contribution in [-0.2, 0) is 6.61 Å². The van der Waals surface area contributed by atoms with Crippen molar-refractivity contribution in [2.24, 2.45) is 0 Å². The predicted octanol–water partition coefficient (Wildman–Crippen LogP) is 4.25. The standard InChI is InChI=1S/C28H34N6O3/c1-18-14-25(26(19(2)30-18)37-17-22(35)15-29-28(3,4)5)36-16-20-10-12-21(13-11-20)23-8-6-7-9-24(23)27-31-33-34-32-27/h6-14,22,29,35H,15-17H2,1-5H3,(H,31,32,33,34). The number of aliphatic hydroxyl groups is 1. The first-order valence-corrected chi connectivity index (χ1v) is 12.3. The van der Waals surface area contributed by atoms with Gasteiger partial charge in [-0.3, -0.25) is 4.98 Å². The van der Waals surface area contributed by atoms with Gasteiger partial charge >= 0.3 is 0 Å². The third-order valence-corrected chi connectivity index (χ3v) is 5.70. The van der Waals surface area contributed by atoms with Gasteiger partial charge in [-0.05, 0) is 56.5 Å². The molecule has 2 heterocycles. The summed E-state index contributed by atoms with van der Waals surface area (Å²) in [5.74, 6) is 1.71. The van der Waals surface area contributed by atoms with Gasteiger partial charge in [0.2, 0.25) is 5.82 Å². The fourth-order valence-electron chi connectivity index (χ4n) is 3.87. The van der Waals surface area contributed by atoms with Crippen LogP contribution in [0.15, 0.2) is 54.6 Å². The first-order valence-electron chi connectivity index (χ1n) is 12.3. The highest BCUT2D eigenvalue weighted by molar-refractivity contribution is 5.80. The van der Waals surface area contributed by atoms with Crippen molar-refractivity contribution in [1.29, 1.82) is 0 Å². The number of β-amino-alcohol motifs (C(OH)–C–C–N with tert-alkyl or cyclic N) is 1. The predicted molar refractivity (Wildman–Crippen MR) is 142 cm³/mol. The molecule has 0 aliphatic carbocycles. The fraction of sp³-hybridized carbons (Fsp3) is 0.357. The molecule has 0 fully saturated rings. The number of ether oxygens (including phenoxy) is 2. The van der Waals surface area contributed by atoms with E-state index < -0.39 is 6.10 Å². The van der Waals surface area contributed by atoms with E-state index in [9.17, 15) is 5.11 Å². The minimum Gasteiger partial charge on any atom is -0.485 e. The molecule has 0 saturated carbocycles. The summed E-state index contributed by atoms with van der Waals surface area (Å²) in [5.41, 5.74) is 5.45. The Labute approximate surface area is 217 Å². The lowest BCUT2D eigenvalue weighted by atomic mass is 9.98. The number of nitrogens with zero attached hydrogens (tertiary/aromatic N) is 4.